The molecule has 1 N–H and O–H groups in total. The highest BCUT2D eigenvalue weighted by molar-refractivity contribution is 7.03. The lowest BCUT2D eigenvalue weighted by Crippen LogP contribution is -2.33. The molecule has 1 unspecified atom stereocenters. The zero-order chi connectivity index (χ0) is 12.3. The van der Waals surface area contributed by atoms with Crippen molar-refractivity contribution in [3.8, 4) is 0 Å². The van der Waals surface area contributed by atoms with Gasteiger partial charge >= 0.3 is 5.97 Å². The van der Waals surface area contributed by atoms with Gasteiger partial charge in [-0.05, 0) is 18.5 Å². The van der Waals surface area contributed by atoms with Gasteiger partial charge in [0, 0.05) is 19.0 Å². The summed E-state index contributed by atoms with van der Waals surface area (Å²) in [6.45, 7) is 3.53. The standard InChI is InChI=1S/C10H14N2O3S/c1-6(10(14)15)4-12(3)9(13)8-5-16-11-7(8)2/h5-6H,4H2,1-3H3,(H,14,15). The average Bonchev–Trinajstić information content (AvgIpc) is 2.62. The molecule has 0 aliphatic carbocycles. The minimum absolute atomic E-state index is 0.181. The molecule has 5 nitrogen and oxygen atoms in total. The maximum absolute atomic E-state index is 11.9. The number of aliphatic carboxylic acids is 1. The van der Waals surface area contributed by atoms with Crippen LogP contribution in [0.3, 0.4) is 0 Å². The fraction of sp³-hybridized carbons (Fsp3) is 0.500. The maximum atomic E-state index is 11.9. The first-order valence-corrected chi connectivity index (χ1v) is 5.66. The molecule has 0 fully saturated rings. The lowest BCUT2D eigenvalue weighted by atomic mass is 10.1. The van der Waals surface area contributed by atoms with Gasteiger partial charge in [-0.3, -0.25) is 9.59 Å². The third-order valence-corrected chi connectivity index (χ3v) is 3.02. The van der Waals surface area contributed by atoms with Gasteiger partial charge in [0.15, 0.2) is 0 Å². The number of carbonyl (C=O) groups is 2. The van der Waals surface area contributed by atoms with Gasteiger partial charge in [-0.15, -0.1) is 0 Å². The zero-order valence-corrected chi connectivity index (χ0v) is 10.2. The number of hydrogen-bond acceptors (Lipinski definition) is 4. The number of carboxylic acids is 1. The van der Waals surface area contributed by atoms with Crippen LogP contribution in [0.2, 0.25) is 0 Å². The van der Waals surface area contributed by atoms with Gasteiger partial charge in [0.2, 0.25) is 0 Å². The number of amides is 1. The summed E-state index contributed by atoms with van der Waals surface area (Å²) in [4.78, 5) is 24.0. The van der Waals surface area contributed by atoms with Crippen LogP contribution in [0, 0.1) is 12.8 Å². The summed E-state index contributed by atoms with van der Waals surface area (Å²) in [6, 6.07) is 0. The Balaban J connectivity index is 2.69. The van der Waals surface area contributed by atoms with Gasteiger partial charge in [-0.1, -0.05) is 6.92 Å². The molecule has 88 valence electrons. The summed E-state index contributed by atoms with van der Waals surface area (Å²) < 4.78 is 4.01. The van der Waals surface area contributed by atoms with Gasteiger partial charge in [0.1, 0.15) is 0 Å². The smallest absolute Gasteiger partial charge is 0.308 e. The number of nitrogens with zero attached hydrogens (tertiary/aromatic N) is 2. The first kappa shape index (κ1) is 12.6. The van der Waals surface area contributed by atoms with Crippen molar-refractivity contribution in [1.82, 2.24) is 9.27 Å². The Hall–Kier alpha value is -1.43. The predicted molar refractivity (Wildman–Crippen MR) is 60.6 cm³/mol. The van der Waals surface area contributed by atoms with E-state index in [1.165, 1.54) is 16.4 Å². The van der Waals surface area contributed by atoms with Crippen molar-refractivity contribution in [1.29, 1.82) is 0 Å². The van der Waals surface area contributed by atoms with Gasteiger partial charge in [0.05, 0.1) is 17.2 Å². The van der Waals surface area contributed by atoms with Crippen LogP contribution in [0.25, 0.3) is 0 Å². The fourth-order valence-corrected chi connectivity index (χ4v) is 1.96. The molecule has 6 heteroatoms. The minimum atomic E-state index is -0.903. The van der Waals surface area contributed by atoms with Gasteiger partial charge in [0.25, 0.3) is 5.91 Å². The first-order chi connectivity index (χ1) is 7.43. The average molecular weight is 242 g/mol. The summed E-state index contributed by atoms with van der Waals surface area (Å²) in [5.41, 5.74) is 1.23. The Morgan fingerprint density at radius 1 is 1.62 bits per heavy atom. The van der Waals surface area contributed by atoms with Crippen molar-refractivity contribution in [3.05, 3.63) is 16.6 Å². The largest absolute Gasteiger partial charge is 0.481 e. The summed E-state index contributed by atoms with van der Waals surface area (Å²) >= 11 is 1.22. The van der Waals surface area contributed by atoms with E-state index in [1.54, 1.807) is 26.3 Å². The molecule has 0 aromatic carbocycles. The Bertz CT molecular complexity index is 403. The molecule has 1 aromatic heterocycles. The van der Waals surface area contributed by atoms with E-state index in [0.29, 0.717) is 11.3 Å². The van der Waals surface area contributed by atoms with E-state index in [2.05, 4.69) is 4.37 Å². The van der Waals surface area contributed by atoms with Crippen molar-refractivity contribution < 1.29 is 14.7 Å². The third-order valence-electron chi connectivity index (χ3n) is 2.30. The molecule has 0 saturated heterocycles. The fourth-order valence-electron chi connectivity index (χ4n) is 1.28. The highest BCUT2D eigenvalue weighted by Gasteiger charge is 2.20. The van der Waals surface area contributed by atoms with Crippen LogP contribution in [0.1, 0.15) is 23.0 Å². The number of rotatable bonds is 4. The molecule has 0 radical (unpaired) electrons. The molecule has 1 amide bonds. The quantitative estimate of drug-likeness (QED) is 0.862. The van der Waals surface area contributed by atoms with Crippen LogP contribution in [-0.2, 0) is 4.79 Å². The molecule has 0 saturated carbocycles. The van der Waals surface area contributed by atoms with Crippen molar-refractivity contribution in [2.24, 2.45) is 5.92 Å². The number of aryl methyl sites for hydroxylation is 1. The van der Waals surface area contributed by atoms with Crippen LogP contribution in [0.15, 0.2) is 5.38 Å². The second-order valence-corrected chi connectivity index (χ2v) is 4.37. The van der Waals surface area contributed by atoms with Crippen molar-refractivity contribution in [2.75, 3.05) is 13.6 Å². The van der Waals surface area contributed by atoms with Crippen LogP contribution in [0.5, 0.6) is 0 Å². The van der Waals surface area contributed by atoms with Gasteiger partial charge in [-0.2, -0.15) is 4.37 Å². The number of aromatic nitrogens is 1. The lowest BCUT2D eigenvalue weighted by Gasteiger charge is -2.18. The van der Waals surface area contributed by atoms with E-state index in [1.807, 2.05) is 0 Å². The van der Waals surface area contributed by atoms with Crippen molar-refractivity contribution in [3.63, 3.8) is 0 Å². The Morgan fingerprint density at radius 2 is 2.25 bits per heavy atom. The van der Waals surface area contributed by atoms with Gasteiger partial charge < -0.3 is 10.0 Å². The summed E-state index contributed by atoms with van der Waals surface area (Å²) in [7, 11) is 1.60. The van der Waals surface area contributed by atoms with Crippen LogP contribution >= 0.6 is 11.5 Å². The lowest BCUT2D eigenvalue weighted by molar-refractivity contribution is -0.141. The minimum Gasteiger partial charge on any atom is -0.481 e. The highest BCUT2D eigenvalue weighted by Crippen LogP contribution is 2.12. The molecule has 0 bridgehead atoms. The molecular weight excluding hydrogens is 228 g/mol. The van der Waals surface area contributed by atoms with E-state index in [9.17, 15) is 9.59 Å². The third kappa shape index (κ3) is 2.79. The monoisotopic (exact) mass is 242 g/mol. The van der Waals surface area contributed by atoms with E-state index in [0.717, 1.165) is 0 Å². The first-order valence-electron chi connectivity index (χ1n) is 4.82. The summed E-state index contributed by atoms with van der Waals surface area (Å²) in [5.74, 6) is -1.65. The Morgan fingerprint density at radius 3 is 2.69 bits per heavy atom. The Labute approximate surface area is 97.9 Å². The Kier molecular flexibility index (Phi) is 4.00. The second kappa shape index (κ2) is 5.07. The second-order valence-electron chi connectivity index (χ2n) is 3.74. The molecule has 0 spiro atoms. The van der Waals surface area contributed by atoms with E-state index in [4.69, 9.17) is 5.11 Å². The summed E-state index contributed by atoms with van der Waals surface area (Å²) in [5, 5.41) is 10.4. The predicted octanol–water partition coefficient (Wildman–Crippen LogP) is 1.24. The van der Waals surface area contributed by atoms with E-state index in [-0.39, 0.29) is 12.5 Å². The van der Waals surface area contributed by atoms with Gasteiger partial charge in [-0.25, -0.2) is 0 Å². The highest BCUT2D eigenvalue weighted by atomic mass is 32.1. The maximum Gasteiger partial charge on any atom is 0.308 e. The van der Waals surface area contributed by atoms with Crippen LogP contribution < -0.4 is 0 Å². The molecule has 0 aliphatic rings. The van der Waals surface area contributed by atoms with Crippen LogP contribution in [-0.4, -0.2) is 39.8 Å². The number of hydrogen-bond donors (Lipinski definition) is 1. The molecule has 1 heterocycles. The molecule has 16 heavy (non-hydrogen) atoms. The molecule has 1 atom stereocenters. The zero-order valence-electron chi connectivity index (χ0n) is 9.43. The number of carboxylic acid groups (broad SMARTS) is 1. The molecular formula is C10H14N2O3S. The molecule has 0 aliphatic heterocycles. The number of carbonyl (C=O) groups excluding carboxylic acids is 1. The molecule has 1 rings (SSSR count). The topological polar surface area (TPSA) is 70.5 Å². The van der Waals surface area contributed by atoms with E-state index >= 15 is 0 Å². The summed E-state index contributed by atoms with van der Waals surface area (Å²) in [6.07, 6.45) is 0. The normalized spacial score (nSPS) is 12.2. The van der Waals surface area contributed by atoms with Crippen molar-refractivity contribution in [2.45, 2.75) is 13.8 Å². The van der Waals surface area contributed by atoms with E-state index < -0.39 is 11.9 Å². The van der Waals surface area contributed by atoms with Crippen LogP contribution in [0.4, 0.5) is 0 Å². The SMILES string of the molecule is Cc1nscc1C(=O)N(C)CC(C)C(=O)O. The molecule has 1 aromatic rings. The van der Waals surface area contributed by atoms with Crippen molar-refractivity contribution >= 4 is 23.4 Å².